The SMILES string of the molecule is O=C(CCc1nc(-c2cccs2)no1)N[C@H]1CC[C@@H](C(=O)O)C1. The maximum atomic E-state index is 11.9. The van der Waals surface area contributed by atoms with Crippen molar-refractivity contribution in [1.82, 2.24) is 15.5 Å². The van der Waals surface area contributed by atoms with Gasteiger partial charge in [0, 0.05) is 18.9 Å². The van der Waals surface area contributed by atoms with Crippen molar-refractivity contribution in [3.63, 3.8) is 0 Å². The summed E-state index contributed by atoms with van der Waals surface area (Å²) in [5, 5.41) is 17.7. The number of hydrogen-bond donors (Lipinski definition) is 2. The van der Waals surface area contributed by atoms with Crippen LogP contribution in [0.1, 0.15) is 31.6 Å². The molecule has 2 aromatic heterocycles. The number of carboxylic acids is 1. The van der Waals surface area contributed by atoms with E-state index in [1.54, 1.807) is 0 Å². The summed E-state index contributed by atoms with van der Waals surface area (Å²) in [5.41, 5.74) is 0. The molecule has 2 aromatic rings. The summed E-state index contributed by atoms with van der Waals surface area (Å²) >= 11 is 1.53. The largest absolute Gasteiger partial charge is 0.481 e. The summed E-state index contributed by atoms with van der Waals surface area (Å²) in [6.07, 6.45) is 2.46. The fourth-order valence-electron chi connectivity index (χ4n) is 2.72. The zero-order chi connectivity index (χ0) is 16.2. The zero-order valence-electron chi connectivity index (χ0n) is 12.4. The van der Waals surface area contributed by atoms with Gasteiger partial charge in [-0.15, -0.1) is 11.3 Å². The van der Waals surface area contributed by atoms with Crippen LogP contribution in [0.2, 0.25) is 0 Å². The lowest BCUT2D eigenvalue weighted by molar-refractivity contribution is -0.141. The summed E-state index contributed by atoms with van der Waals surface area (Å²) < 4.78 is 5.15. The summed E-state index contributed by atoms with van der Waals surface area (Å²) in [7, 11) is 0. The van der Waals surface area contributed by atoms with Crippen LogP contribution in [0, 0.1) is 5.92 Å². The van der Waals surface area contributed by atoms with Gasteiger partial charge in [-0.2, -0.15) is 4.98 Å². The van der Waals surface area contributed by atoms with Crippen molar-refractivity contribution < 1.29 is 19.2 Å². The number of amides is 1. The molecule has 122 valence electrons. The minimum absolute atomic E-state index is 0.0482. The summed E-state index contributed by atoms with van der Waals surface area (Å²) in [4.78, 5) is 28.0. The van der Waals surface area contributed by atoms with Crippen LogP contribution in [0.3, 0.4) is 0 Å². The highest BCUT2D eigenvalue weighted by Crippen LogP contribution is 2.26. The van der Waals surface area contributed by atoms with Gasteiger partial charge < -0.3 is 14.9 Å². The molecule has 3 rings (SSSR count). The standard InChI is InChI=1S/C15H17N3O4S/c19-12(16-10-4-3-9(8-10)15(20)21)5-6-13-17-14(18-22-13)11-2-1-7-23-11/h1-2,7,9-10H,3-6,8H2,(H,16,19)(H,20,21)/t9-,10+/m1/s1. The van der Waals surface area contributed by atoms with Crippen LogP contribution in [0.15, 0.2) is 22.0 Å². The Morgan fingerprint density at radius 2 is 2.30 bits per heavy atom. The Kier molecular flexibility index (Phi) is 4.71. The van der Waals surface area contributed by atoms with Crippen molar-refractivity contribution in [1.29, 1.82) is 0 Å². The molecule has 7 nitrogen and oxygen atoms in total. The molecule has 1 saturated carbocycles. The van der Waals surface area contributed by atoms with E-state index in [1.165, 1.54) is 11.3 Å². The Bertz CT molecular complexity index is 683. The third kappa shape index (κ3) is 3.95. The second kappa shape index (κ2) is 6.91. The van der Waals surface area contributed by atoms with Crippen molar-refractivity contribution >= 4 is 23.2 Å². The predicted molar refractivity (Wildman–Crippen MR) is 82.8 cm³/mol. The number of aryl methyl sites for hydroxylation is 1. The van der Waals surface area contributed by atoms with Crippen LogP contribution >= 0.6 is 11.3 Å². The van der Waals surface area contributed by atoms with Crippen LogP contribution in [0.25, 0.3) is 10.7 Å². The first-order valence-corrected chi connectivity index (χ1v) is 8.38. The predicted octanol–water partition coefficient (Wildman–Crippen LogP) is 2.10. The molecule has 1 amide bonds. The quantitative estimate of drug-likeness (QED) is 0.837. The van der Waals surface area contributed by atoms with Crippen molar-refractivity contribution in [3.05, 3.63) is 23.4 Å². The van der Waals surface area contributed by atoms with Gasteiger partial charge in [-0.3, -0.25) is 9.59 Å². The smallest absolute Gasteiger partial charge is 0.306 e. The van der Waals surface area contributed by atoms with Crippen molar-refractivity contribution in [3.8, 4) is 10.7 Å². The van der Waals surface area contributed by atoms with Crippen LogP contribution in [0.4, 0.5) is 0 Å². The summed E-state index contributed by atoms with van der Waals surface area (Å²) in [6, 6.07) is 3.77. The lowest BCUT2D eigenvalue weighted by Crippen LogP contribution is -2.33. The Hall–Kier alpha value is -2.22. The van der Waals surface area contributed by atoms with E-state index in [0.29, 0.717) is 37.4 Å². The highest BCUT2D eigenvalue weighted by Gasteiger charge is 2.30. The molecule has 0 spiro atoms. The molecule has 1 fully saturated rings. The molecule has 2 atom stereocenters. The van der Waals surface area contributed by atoms with Crippen LogP contribution in [-0.4, -0.2) is 33.2 Å². The van der Waals surface area contributed by atoms with E-state index in [4.69, 9.17) is 9.63 Å². The summed E-state index contributed by atoms with van der Waals surface area (Å²) in [5.74, 6) is -0.274. The minimum Gasteiger partial charge on any atom is -0.481 e. The average molecular weight is 335 g/mol. The van der Waals surface area contributed by atoms with Gasteiger partial charge >= 0.3 is 5.97 Å². The fraction of sp³-hybridized carbons (Fsp3) is 0.467. The van der Waals surface area contributed by atoms with Crippen LogP contribution < -0.4 is 5.32 Å². The number of hydrogen-bond acceptors (Lipinski definition) is 6. The number of carbonyl (C=O) groups excluding carboxylic acids is 1. The monoisotopic (exact) mass is 335 g/mol. The molecular formula is C15H17N3O4S. The average Bonchev–Trinajstić information content (AvgIpc) is 3.25. The Morgan fingerprint density at radius 1 is 1.43 bits per heavy atom. The lowest BCUT2D eigenvalue weighted by atomic mass is 10.1. The molecule has 0 bridgehead atoms. The van der Waals surface area contributed by atoms with Gasteiger partial charge in [0.25, 0.3) is 0 Å². The third-order valence-corrected chi connectivity index (χ3v) is 4.79. The first kappa shape index (κ1) is 15.7. The molecule has 1 aliphatic rings. The van der Waals surface area contributed by atoms with Gasteiger partial charge in [0.2, 0.25) is 17.6 Å². The number of carbonyl (C=O) groups is 2. The molecule has 0 radical (unpaired) electrons. The maximum Gasteiger partial charge on any atom is 0.306 e. The van der Waals surface area contributed by atoms with Crippen molar-refractivity contribution in [2.24, 2.45) is 5.92 Å². The fourth-order valence-corrected chi connectivity index (χ4v) is 3.37. The molecule has 1 aliphatic carbocycles. The van der Waals surface area contributed by atoms with Crippen molar-refractivity contribution in [2.45, 2.75) is 38.1 Å². The van der Waals surface area contributed by atoms with E-state index in [0.717, 1.165) is 4.88 Å². The van der Waals surface area contributed by atoms with Gasteiger partial charge in [0.1, 0.15) is 0 Å². The molecule has 23 heavy (non-hydrogen) atoms. The highest BCUT2D eigenvalue weighted by molar-refractivity contribution is 7.13. The normalized spacial score (nSPS) is 20.5. The van der Waals surface area contributed by atoms with Gasteiger partial charge in [-0.05, 0) is 30.7 Å². The molecule has 2 heterocycles. The Labute approximate surface area is 136 Å². The molecule has 0 aliphatic heterocycles. The Balaban J connectivity index is 1.45. The zero-order valence-corrected chi connectivity index (χ0v) is 13.2. The van der Waals surface area contributed by atoms with Gasteiger partial charge in [-0.25, -0.2) is 0 Å². The van der Waals surface area contributed by atoms with Gasteiger partial charge in [0.05, 0.1) is 10.8 Å². The number of carboxylic acid groups (broad SMARTS) is 1. The van der Waals surface area contributed by atoms with E-state index >= 15 is 0 Å². The molecule has 0 aromatic carbocycles. The summed E-state index contributed by atoms with van der Waals surface area (Å²) in [6.45, 7) is 0. The topological polar surface area (TPSA) is 105 Å². The van der Waals surface area contributed by atoms with E-state index in [2.05, 4.69) is 15.5 Å². The molecule has 0 unspecified atom stereocenters. The number of nitrogens with zero attached hydrogens (tertiary/aromatic N) is 2. The molecular weight excluding hydrogens is 318 g/mol. The number of aliphatic carboxylic acids is 1. The van der Waals surface area contributed by atoms with E-state index in [-0.39, 0.29) is 24.3 Å². The second-order valence-electron chi connectivity index (χ2n) is 5.60. The first-order chi connectivity index (χ1) is 11.1. The van der Waals surface area contributed by atoms with Gasteiger partial charge in [0.15, 0.2) is 0 Å². The number of thiophene rings is 1. The third-order valence-electron chi connectivity index (χ3n) is 3.92. The molecule has 0 saturated heterocycles. The van der Waals surface area contributed by atoms with Crippen LogP contribution in [0.5, 0.6) is 0 Å². The minimum atomic E-state index is -0.784. The van der Waals surface area contributed by atoms with E-state index in [1.807, 2.05) is 17.5 Å². The number of aromatic nitrogens is 2. The maximum absolute atomic E-state index is 11.9. The van der Waals surface area contributed by atoms with E-state index in [9.17, 15) is 9.59 Å². The highest BCUT2D eigenvalue weighted by atomic mass is 32.1. The molecule has 2 N–H and O–H groups in total. The number of rotatable bonds is 6. The lowest BCUT2D eigenvalue weighted by Gasteiger charge is -2.11. The van der Waals surface area contributed by atoms with Crippen LogP contribution in [-0.2, 0) is 16.0 Å². The van der Waals surface area contributed by atoms with Crippen molar-refractivity contribution in [2.75, 3.05) is 0 Å². The molecule has 8 heteroatoms. The Morgan fingerprint density at radius 3 is 3.00 bits per heavy atom. The second-order valence-corrected chi connectivity index (χ2v) is 6.55. The van der Waals surface area contributed by atoms with E-state index < -0.39 is 5.97 Å². The first-order valence-electron chi connectivity index (χ1n) is 7.50. The van der Waals surface area contributed by atoms with Gasteiger partial charge in [-0.1, -0.05) is 11.2 Å². The number of nitrogens with one attached hydrogen (secondary N) is 1.